The molecule has 0 bridgehead atoms. The SMILES string of the molecule is CCC(CC)C(=O)N1CCC2NC(=O)CCC2C1. The third-order valence-corrected chi connectivity index (χ3v) is 4.47. The average molecular weight is 252 g/mol. The van der Waals surface area contributed by atoms with E-state index in [1.54, 1.807) is 0 Å². The van der Waals surface area contributed by atoms with E-state index >= 15 is 0 Å². The standard InChI is InChI=1S/C14H24N2O2/c1-3-10(4-2)14(18)16-8-7-12-11(9-16)5-6-13(17)15-12/h10-12H,3-9H2,1-2H3,(H,15,17). The van der Waals surface area contributed by atoms with Gasteiger partial charge in [0.15, 0.2) is 0 Å². The van der Waals surface area contributed by atoms with Crippen LogP contribution in [0.4, 0.5) is 0 Å². The number of piperidine rings is 2. The summed E-state index contributed by atoms with van der Waals surface area (Å²) in [5.41, 5.74) is 0. The van der Waals surface area contributed by atoms with Gasteiger partial charge in [-0.2, -0.15) is 0 Å². The van der Waals surface area contributed by atoms with Crippen molar-refractivity contribution in [1.82, 2.24) is 10.2 Å². The van der Waals surface area contributed by atoms with Crippen molar-refractivity contribution in [3.63, 3.8) is 0 Å². The third-order valence-electron chi connectivity index (χ3n) is 4.47. The molecule has 2 saturated heterocycles. The van der Waals surface area contributed by atoms with E-state index in [4.69, 9.17) is 0 Å². The molecule has 2 fully saturated rings. The van der Waals surface area contributed by atoms with Crippen molar-refractivity contribution >= 4 is 11.8 Å². The minimum atomic E-state index is 0.177. The molecule has 2 heterocycles. The quantitative estimate of drug-likeness (QED) is 0.828. The fourth-order valence-electron chi connectivity index (χ4n) is 3.21. The summed E-state index contributed by atoms with van der Waals surface area (Å²) in [5.74, 6) is 1.14. The van der Waals surface area contributed by atoms with Gasteiger partial charge in [-0.15, -0.1) is 0 Å². The minimum Gasteiger partial charge on any atom is -0.353 e. The number of hydrogen-bond donors (Lipinski definition) is 1. The van der Waals surface area contributed by atoms with Crippen molar-refractivity contribution in [3.05, 3.63) is 0 Å². The number of fused-ring (bicyclic) bond motifs is 1. The van der Waals surface area contributed by atoms with Crippen LogP contribution in [0.2, 0.25) is 0 Å². The lowest BCUT2D eigenvalue weighted by Crippen LogP contribution is -2.55. The zero-order valence-electron chi connectivity index (χ0n) is 11.4. The molecule has 4 heteroatoms. The number of nitrogens with zero attached hydrogens (tertiary/aromatic N) is 1. The highest BCUT2D eigenvalue weighted by atomic mass is 16.2. The third kappa shape index (κ3) is 2.68. The van der Waals surface area contributed by atoms with Gasteiger partial charge in [-0.05, 0) is 31.6 Å². The monoisotopic (exact) mass is 252 g/mol. The molecule has 4 nitrogen and oxygen atoms in total. The Balaban J connectivity index is 1.94. The van der Waals surface area contributed by atoms with Crippen LogP contribution in [-0.4, -0.2) is 35.8 Å². The number of nitrogens with one attached hydrogen (secondary N) is 1. The predicted molar refractivity (Wildman–Crippen MR) is 69.9 cm³/mol. The van der Waals surface area contributed by atoms with E-state index in [1.807, 2.05) is 4.90 Å². The Morgan fingerprint density at radius 3 is 2.78 bits per heavy atom. The molecule has 0 saturated carbocycles. The van der Waals surface area contributed by atoms with E-state index in [-0.39, 0.29) is 11.8 Å². The first-order valence-corrected chi connectivity index (χ1v) is 7.23. The second kappa shape index (κ2) is 5.72. The molecule has 2 rings (SSSR count). The Labute approximate surface area is 109 Å². The van der Waals surface area contributed by atoms with Gasteiger partial charge in [0.1, 0.15) is 0 Å². The van der Waals surface area contributed by atoms with Crippen molar-refractivity contribution in [2.75, 3.05) is 13.1 Å². The first-order chi connectivity index (χ1) is 8.65. The highest BCUT2D eigenvalue weighted by Gasteiger charge is 2.36. The average Bonchev–Trinajstić information content (AvgIpc) is 2.39. The first-order valence-electron chi connectivity index (χ1n) is 7.23. The number of likely N-dealkylation sites (tertiary alicyclic amines) is 1. The molecule has 2 unspecified atom stereocenters. The number of hydrogen-bond acceptors (Lipinski definition) is 2. The summed E-state index contributed by atoms with van der Waals surface area (Å²) in [6, 6.07) is 0.303. The summed E-state index contributed by atoms with van der Waals surface area (Å²) in [7, 11) is 0. The lowest BCUT2D eigenvalue weighted by Gasteiger charge is -2.42. The largest absolute Gasteiger partial charge is 0.353 e. The first kappa shape index (κ1) is 13.4. The molecule has 0 aromatic carbocycles. The summed E-state index contributed by atoms with van der Waals surface area (Å²) >= 11 is 0. The highest BCUT2D eigenvalue weighted by Crippen LogP contribution is 2.26. The molecule has 102 valence electrons. The maximum atomic E-state index is 12.3. The van der Waals surface area contributed by atoms with Gasteiger partial charge in [-0.25, -0.2) is 0 Å². The predicted octanol–water partition coefficient (Wildman–Crippen LogP) is 1.55. The topological polar surface area (TPSA) is 49.4 Å². The maximum absolute atomic E-state index is 12.3. The molecule has 2 atom stereocenters. The zero-order chi connectivity index (χ0) is 13.1. The Morgan fingerprint density at radius 2 is 2.11 bits per heavy atom. The molecule has 0 spiro atoms. The van der Waals surface area contributed by atoms with Gasteiger partial charge in [-0.1, -0.05) is 13.8 Å². The molecule has 2 aliphatic heterocycles. The number of carbonyl (C=O) groups excluding carboxylic acids is 2. The summed E-state index contributed by atoms with van der Waals surface area (Å²) in [4.78, 5) is 25.7. The van der Waals surface area contributed by atoms with E-state index in [0.717, 1.165) is 38.8 Å². The van der Waals surface area contributed by atoms with Crippen molar-refractivity contribution in [2.45, 2.75) is 52.0 Å². The zero-order valence-corrected chi connectivity index (χ0v) is 11.4. The maximum Gasteiger partial charge on any atom is 0.225 e. The lowest BCUT2D eigenvalue weighted by molar-refractivity contribution is -0.139. The normalized spacial score (nSPS) is 27.9. The van der Waals surface area contributed by atoms with Crippen LogP contribution >= 0.6 is 0 Å². The molecule has 0 radical (unpaired) electrons. The van der Waals surface area contributed by atoms with Gasteiger partial charge in [0.25, 0.3) is 0 Å². The fourth-order valence-corrected chi connectivity index (χ4v) is 3.21. The van der Waals surface area contributed by atoms with Gasteiger partial charge in [0, 0.05) is 31.5 Å². The molecule has 0 aromatic heterocycles. The van der Waals surface area contributed by atoms with E-state index in [9.17, 15) is 9.59 Å². The van der Waals surface area contributed by atoms with Crippen molar-refractivity contribution < 1.29 is 9.59 Å². The molecule has 18 heavy (non-hydrogen) atoms. The van der Waals surface area contributed by atoms with Crippen molar-refractivity contribution in [2.24, 2.45) is 11.8 Å². The Morgan fingerprint density at radius 1 is 1.39 bits per heavy atom. The van der Waals surface area contributed by atoms with E-state index in [0.29, 0.717) is 24.3 Å². The Kier molecular flexibility index (Phi) is 4.25. The summed E-state index contributed by atoms with van der Waals surface area (Å²) < 4.78 is 0. The van der Waals surface area contributed by atoms with E-state index in [1.165, 1.54) is 0 Å². The van der Waals surface area contributed by atoms with Gasteiger partial charge < -0.3 is 10.2 Å². The molecule has 2 aliphatic rings. The van der Waals surface area contributed by atoms with Crippen molar-refractivity contribution in [1.29, 1.82) is 0 Å². The van der Waals surface area contributed by atoms with Crippen LogP contribution in [0.25, 0.3) is 0 Å². The van der Waals surface area contributed by atoms with Crippen LogP contribution in [0.3, 0.4) is 0 Å². The lowest BCUT2D eigenvalue weighted by atomic mass is 9.84. The smallest absolute Gasteiger partial charge is 0.225 e. The van der Waals surface area contributed by atoms with Crippen molar-refractivity contribution in [3.8, 4) is 0 Å². The number of rotatable bonds is 3. The van der Waals surface area contributed by atoms with Crippen LogP contribution in [0.1, 0.15) is 46.0 Å². The molecular formula is C14H24N2O2. The summed E-state index contributed by atoms with van der Waals surface area (Å²) in [6.07, 6.45) is 4.33. The molecule has 0 aliphatic carbocycles. The molecule has 1 N–H and O–H groups in total. The van der Waals surface area contributed by atoms with Gasteiger partial charge in [0.05, 0.1) is 0 Å². The minimum absolute atomic E-state index is 0.177. The molecule has 2 amide bonds. The Hall–Kier alpha value is -1.06. The summed E-state index contributed by atoms with van der Waals surface area (Å²) in [6.45, 7) is 5.80. The molecule has 0 aromatic rings. The highest BCUT2D eigenvalue weighted by molar-refractivity contribution is 5.79. The van der Waals surface area contributed by atoms with Crippen LogP contribution in [-0.2, 0) is 9.59 Å². The second-order valence-corrected chi connectivity index (χ2v) is 5.56. The summed E-state index contributed by atoms with van der Waals surface area (Å²) in [5, 5.41) is 3.06. The van der Waals surface area contributed by atoms with Crippen LogP contribution < -0.4 is 5.32 Å². The molecular weight excluding hydrogens is 228 g/mol. The number of carbonyl (C=O) groups is 2. The number of amides is 2. The van der Waals surface area contributed by atoms with Crippen LogP contribution in [0, 0.1) is 11.8 Å². The van der Waals surface area contributed by atoms with Gasteiger partial charge in [0.2, 0.25) is 11.8 Å². The van der Waals surface area contributed by atoms with E-state index in [2.05, 4.69) is 19.2 Å². The Bertz CT molecular complexity index is 326. The van der Waals surface area contributed by atoms with Crippen LogP contribution in [0.5, 0.6) is 0 Å². The van der Waals surface area contributed by atoms with Crippen LogP contribution in [0.15, 0.2) is 0 Å². The van der Waals surface area contributed by atoms with Gasteiger partial charge >= 0.3 is 0 Å². The van der Waals surface area contributed by atoms with Gasteiger partial charge in [-0.3, -0.25) is 9.59 Å². The fraction of sp³-hybridized carbons (Fsp3) is 0.857. The van der Waals surface area contributed by atoms with E-state index < -0.39 is 0 Å². The second-order valence-electron chi connectivity index (χ2n) is 5.56.